The molecule has 0 aliphatic carbocycles. The molecule has 21 nitrogen and oxygen atoms in total. The largest absolute Gasteiger partial charge is 0.494 e. The topological polar surface area (TPSA) is 264 Å². The van der Waals surface area contributed by atoms with E-state index < -0.39 is 35.4 Å². The van der Waals surface area contributed by atoms with Gasteiger partial charge >= 0.3 is 0 Å². The van der Waals surface area contributed by atoms with E-state index in [1.807, 2.05) is 93.6 Å². The number of likely N-dealkylation sites (tertiary alicyclic amines) is 2. The number of benzene rings is 2. The maximum Gasteiger partial charge on any atom is 0.273 e. The molecule has 420 valence electrons. The fourth-order valence-corrected chi connectivity index (χ4v) is 10.6. The number of unbranched alkanes of at least 4 members (excludes halogenated alkanes) is 2. The van der Waals surface area contributed by atoms with Crippen molar-refractivity contribution in [2.75, 3.05) is 44.4 Å². The molecule has 0 spiro atoms. The first-order valence-corrected chi connectivity index (χ1v) is 27.8. The number of β-amino-alcohol motifs (C(OH)–C–C–N with tert-alkyl or cyclic N) is 1. The van der Waals surface area contributed by atoms with E-state index in [-0.39, 0.29) is 54.8 Å². The highest BCUT2D eigenvalue weighted by molar-refractivity contribution is 7.13. The van der Waals surface area contributed by atoms with E-state index in [0.29, 0.717) is 78.9 Å². The van der Waals surface area contributed by atoms with E-state index in [1.165, 1.54) is 11.9 Å². The molecule has 2 aliphatic rings. The number of amides is 5. The molecule has 4 atom stereocenters. The molecule has 0 radical (unpaired) electrons. The summed E-state index contributed by atoms with van der Waals surface area (Å²) in [4.78, 5) is 84.9. The SMILES string of the molecule is CNC(=O)c1nnc(Nc2ccc(C#CC3CCN(C(=O)CCCCCC(=O)N[C@H](C(=O)N4C[C@H](O)C[C@H]4C(=O)N[C@@H](C)c4ccc(-c5scnc5C)cc4)C(C)(C)C)CC3)cn2)cc1Nc1cccc(-c2ncn(C)n2)c1OC. The third kappa shape index (κ3) is 14.5. The molecular weight excluding hydrogens is 1040 g/mol. The molecule has 0 bridgehead atoms. The predicted molar refractivity (Wildman–Crippen MR) is 305 cm³/mol. The highest BCUT2D eigenvalue weighted by Gasteiger charge is 2.44. The standard InChI is InChI=1S/C58H70N14O7S/c1-35(39-20-22-40(23-21-39)52-36(2)62-34-80-52)63-55(76)45-29-41(73)32-72(45)57(78)53(58(3,4)5)66-48(74)15-10-9-11-16-49(75)71-27-25-37(26-28-71)17-18-38-19-24-46(60-31-38)65-47-30-44(50(68-67-47)56(77)59-6)64-43-14-12-13-42(51(43)79-8)54-61-33-70(7)69-54/h12-14,19-24,30-31,33-35,37,41,45,53,73H,9-11,15-16,25-29,32H2,1-8H3,(H,59,77)(H,63,76)(H,66,74)(H2,60,64,65,67)/t35-,41+,45-,53+/m0/s1. The molecule has 2 fully saturated rings. The van der Waals surface area contributed by atoms with Crippen molar-refractivity contribution in [1.82, 2.24) is 60.7 Å². The van der Waals surface area contributed by atoms with Gasteiger partial charge in [-0.1, -0.05) is 69.4 Å². The minimum Gasteiger partial charge on any atom is -0.494 e. The number of ether oxygens (including phenoxy) is 1. The Labute approximate surface area is 470 Å². The second-order valence-electron chi connectivity index (χ2n) is 21.2. The molecule has 2 aromatic carbocycles. The molecule has 0 unspecified atom stereocenters. The van der Waals surface area contributed by atoms with Gasteiger partial charge in [0.1, 0.15) is 24.2 Å². The minimum absolute atomic E-state index is 0.0117. The Kier molecular flexibility index (Phi) is 18.9. The van der Waals surface area contributed by atoms with Crippen LogP contribution < -0.4 is 31.3 Å². The molecule has 22 heteroatoms. The second-order valence-corrected chi connectivity index (χ2v) is 22.1. The number of piperidine rings is 1. The van der Waals surface area contributed by atoms with Crippen LogP contribution in [0, 0.1) is 30.1 Å². The average Bonchev–Trinajstić information content (AvgIpc) is 4.22. The average molecular weight is 1110 g/mol. The Morgan fingerprint density at radius 3 is 2.33 bits per heavy atom. The van der Waals surface area contributed by atoms with Crippen LogP contribution in [0.25, 0.3) is 21.8 Å². The van der Waals surface area contributed by atoms with Gasteiger partial charge in [-0.2, -0.15) is 5.10 Å². The van der Waals surface area contributed by atoms with Gasteiger partial charge in [0.15, 0.2) is 23.1 Å². The highest BCUT2D eigenvalue weighted by Crippen LogP contribution is 2.38. The molecule has 8 rings (SSSR count). The number of nitrogens with one attached hydrogen (secondary N) is 5. The number of anilines is 4. The van der Waals surface area contributed by atoms with E-state index in [2.05, 4.69) is 68.7 Å². The first-order valence-electron chi connectivity index (χ1n) is 26.9. The van der Waals surface area contributed by atoms with Crippen molar-refractivity contribution < 1.29 is 33.8 Å². The van der Waals surface area contributed by atoms with Crippen molar-refractivity contribution in [3.05, 3.63) is 101 Å². The number of carbonyl (C=O) groups excluding carboxylic acids is 5. The molecule has 80 heavy (non-hydrogen) atoms. The lowest BCUT2D eigenvalue weighted by atomic mass is 9.85. The molecule has 2 saturated heterocycles. The Bertz CT molecular complexity index is 3230. The van der Waals surface area contributed by atoms with Crippen LogP contribution in [-0.2, 0) is 26.2 Å². The number of aliphatic hydroxyl groups excluding tert-OH is 1. The number of para-hydroxylation sites is 1. The van der Waals surface area contributed by atoms with Crippen molar-refractivity contribution in [2.45, 2.75) is 110 Å². The highest BCUT2D eigenvalue weighted by atomic mass is 32.1. The molecule has 6 heterocycles. The first-order chi connectivity index (χ1) is 38.4. The van der Waals surface area contributed by atoms with Crippen molar-refractivity contribution in [2.24, 2.45) is 18.4 Å². The summed E-state index contributed by atoms with van der Waals surface area (Å²) in [6, 6.07) is 16.5. The Hall–Kier alpha value is -8.29. The number of aliphatic hydroxyl groups is 1. The van der Waals surface area contributed by atoms with E-state index in [1.54, 1.807) is 54.8 Å². The number of hydrogen-bond donors (Lipinski definition) is 6. The molecule has 0 saturated carbocycles. The fraction of sp³-hybridized carbons (Fsp3) is 0.431. The number of rotatable bonds is 19. The van der Waals surface area contributed by atoms with Crippen LogP contribution in [0.1, 0.15) is 112 Å². The van der Waals surface area contributed by atoms with E-state index >= 15 is 0 Å². The van der Waals surface area contributed by atoms with Gasteiger partial charge in [-0.05, 0) is 80.3 Å². The van der Waals surface area contributed by atoms with Crippen molar-refractivity contribution in [3.63, 3.8) is 0 Å². The molecule has 6 aromatic rings. The molecular formula is C58H70N14O7S. The van der Waals surface area contributed by atoms with Gasteiger partial charge in [0, 0.05) is 76.7 Å². The molecule has 4 aromatic heterocycles. The van der Waals surface area contributed by atoms with Crippen LogP contribution in [0.3, 0.4) is 0 Å². The number of aryl methyl sites for hydroxylation is 2. The lowest BCUT2D eigenvalue weighted by Gasteiger charge is -2.35. The van der Waals surface area contributed by atoms with Gasteiger partial charge < -0.3 is 46.2 Å². The van der Waals surface area contributed by atoms with Crippen LogP contribution in [-0.4, -0.2) is 131 Å². The second kappa shape index (κ2) is 26.1. The van der Waals surface area contributed by atoms with Gasteiger partial charge in [-0.25, -0.2) is 15.0 Å². The van der Waals surface area contributed by atoms with Crippen LogP contribution in [0.5, 0.6) is 5.75 Å². The summed E-state index contributed by atoms with van der Waals surface area (Å²) in [5, 5.41) is 38.6. The summed E-state index contributed by atoms with van der Waals surface area (Å²) in [6.45, 7) is 10.6. The van der Waals surface area contributed by atoms with E-state index in [0.717, 1.165) is 40.1 Å². The lowest BCUT2D eigenvalue weighted by molar-refractivity contribution is -0.144. The van der Waals surface area contributed by atoms with Crippen molar-refractivity contribution in [3.8, 4) is 39.4 Å². The van der Waals surface area contributed by atoms with Gasteiger partial charge in [-0.15, -0.1) is 21.5 Å². The van der Waals surface area contributed by atoms with Crippen LogP contribution in [0.4, 0.5) is 23.0 Å². The maximum atomic E-state index is 14.2. The Morgan fingerprint density at radius 2 is 1.66 bits per heavy atom. The quantitative estimate of drug-likeness (QED) is 0.0357. The van der Waals surface area contributed by atoms with Crippen LogP contribution in [0.2, 0.25) is 0 Å². The Morgan fingerprint density at radius 1 is 0.900 bits per heavy atom. The number of aromatic nitrogens is 7. The van der Waals surface area contributed by atoms with Gasteiger partial charge in [0.25, 0.3) is 5.91 Å². The molecule has 2 aliphatic heterocycles. The minimum atomic E-state index is -0.925. The summed E-state index contributed by atoms with van der Waals surface area (Å²) in [7, 11) is 4.84. The summed E-state index contributed by atoms with van der Waals surface area (Å²) < 4.78 is 7.36. The van der Waals surface area contributed by atoms with Crippen molar-refractivity contribution >= 4 is 63.9 Å². The van der Waals surface area contributed by atoms with Crippen molar-refractivity contribution in [1.29, 1.82) is 0 Å². The number of hydrogen-bond acceptors (Lipinski definition) is 16. The number of thiazole rings is 1. The van der Waals surface area contributed by atoms with Crippen LogP contribution in [0.15, 0.2) is 78.7 Å². The number of pyridine rings is 1. The maximum absolute atomic E-state index is 14.2. The van der Waals surface area contributed by atoms with Gasteiger partial charge in [0.2, 0.25) is 23.6 Å². The number of nitrogens with zero attached hydrogens (tertiary/aromatic N) is 9. The predicted octanol–water partition coefficient (Wildman–Crippen LogP) is 6.87. The Balaban J connectivity index is 0.758. The zero-order chi connectivity index (χ0) is 57.1. The van der Waals surface area contributed by atoms with Gasteiger partial charge in [-0.3, -0.25) is 28.7 Å². The number of methoxy groups -OCH3 is 1. The summed E-state index contributed by atoms with van der Waals surface area (Å²) in [6.07, 6.45) is 6.37. The normalized spacial score (nSPS) is 16.2. The third-order valence-electron chi connectivity index (χ3n) is 14.2. The monoisotopic (exact) mass is 1110 g/mol. The summed E-state index contributed by atoms with van der Waals surface area (Å²) in [5.41, 5.74) is 6.42. The summed E-state index contributed by atoms with van der Waals surface area (Å²) in [5.74, 6) is 7.08. The summed E-state index contributed by atoms with van der Waals surface area (Å²) >= 11 is 1.57. The third-order valence-corrected chi connectivity index (χ3v) is 15.2. The zero-order valence-corrected chi connectivity index (χ0v) is 47.3. The van der Waals surface area contributed by atoms with E-state index in [4.69, 9.17) is 4.74 Å². The molecule has 5 amide bonds. The van der Waals surface area contributed by atoms with Crippen LogP contribution >= 0.6 is 11.3 Å². The fourth-order valence-electron chi connectivity index (χ4n) is 9.75. The number of carbonyl (C=O) groups is 5. The molecule has 6 N–H and O–H groups in total. The van der Waals surface area contributed by atoms with E-state index in [9.17, 15) is 29.1 Å². The van der Waals surface area contributed by atoms with Gasteiger partial charge in [0.05, 0.1) is 52.3 Å². The smallest absolute Gasteiger partial charge is 0.273 e. The zero-order valence-electron chi connectivity index (χ0n) is 46.5. The lowest BCUT2D eigenvalue weighted by Crippen LogP contribution is -2.57. The first kappa shape index (κ1) is 57.9.